The summed E-state index contributed by atoms with van der Waals surface area (Å²) in [5.41, 5.74) is 2.08. The third kappa shape index (κ3) is 2.94. The van der Waals surface area contributed by atoms with Gasteiger partial charge in [0.15, 0.2) is 5.82 Å². The van der Waals surface area contributed by atoms with Gasteiger partial charge in [-0.25, -0.2) is 9.97 Å². The van der Waals surface area contributed by atoms with Crippen LogP contribution in [-0.2, 0) is 4.74 Å². The lowest BCUT2D eigenvalue weighted by Crippen LogP contribution is -2.31. The van der Waals surface area contributed by atoms with Gasteiger partial charge >= 0.3 is 0 Å². The summed E-state index contributed by atoms with van der Waals surface area (Å²) in [7, 11) is 0. The summed E-state index contributed by atoms with van der Waals surface area (Å²) in [4.78, 5) is 12.0. The highest BCUT2D eigenvalue weighted by molar-refractivity contribution is 7.08. The van der Waals surface area contributed by atoms with Crippen LogP contribution in [0.15, 0.2) is 41.1 Å². The van der Waals surface area contributed by atoms with Crippen molar-refractivity contribution in [2.45, 2.75) is 19.4 Å². The molecular weight excluding hydrogens is 306 g/mol. The third-order valence-corrected chi connectivity index (χ3v) is 4.80. The van der Waals surface area contributed by atoms with Crippen molar-refractivity contribution in [2.24, 2.45) is 0 Å². The molecule has 23 heavy (non-hydrogen) atoms. The second kappa shape index (κ2) is 6.26. The van der Waals surface area contributed by atoms with Gasteiger partial charge in [0, 0.05) is 36.0 Å². The summed E-state index contributed by atoms with van der Waals surface area (Å²) >= 11 is 1.67. The summed E-state index contributed by atoms with van der Waals surface area (Å²) in [6.45, 7) is 4.78. The van der Waals surface area contributed by atoms with E-state index in [1.54, 1.807) is 11.3 Å². The summed E-state index contributed by atoms with van der Waals surface area (Å²) in [6, 6.07) is 10.3. The van der Waals surface area contributed by atoms with Gasteiger partial charge in [-0.05, 0) is 36.9 Å². The Morgan fingerprint density at radius 2 is 2.13 bits per heavy atom. The van der Waals surface area contributed by atoms with E-state index in [1.807, 2.05) is 6.07 Å². The Bertz CT molecular complexity index is 803. The van der Waals surface area contributed by atoms with E-state index in [2.05, 4.69) is 46.8 Å². The average Bonchev–Trinajstić information content (AvgIpc) is 3.03. The topological polar surface area (TPSA) is 38.2 Å². The zero-order valence-electron chi connectivity index (χ0n) is 13.1. The Labute approximate surface area is 139 Å². The highest BCUT2D eigenvalue weighted by Gasteiger charge is 2.20. The SMILES string of the molecule is CC1CN(c2nc(-c3ccsc3)nc3ccccc23)CCCO1. The van der Waals surface area contributed by atoms with E-state index in [0.29, 0.717) is 0 Å². The zero-order valence-corrected chi connectivity index (χ0v) is 13.9. The molecule has 4 nitrogen and oxygen atoms in total. The third-order valence-electron chi connectivity index (χ3n) is 4.11. The van der Waals surface area contributed by atoms with Crippen molar-refractivity contribution in [1.29, 1.82) is 0 Å². The number of benzene rings is 1. The first-order valence-corrected chi connectivity index (χ1v) is 8.91. The standard InChI is InChI=1S/C18H19N3OS/c1-13-11-21(8-4-9-22-13)18-15-5-2-3-6-16(15)19-17(20-18)14-7-10-23-12-14/h2-3,5-7,10,12-13H,4,8-9,11H2,1H3. The number of anilines is 1. The molecule has 1 atom stereocenters. The molecule has 1 aromatic carbocycles. The molecule has 0 amide bonds. The highest BCUT2D eigenvalue weighted by atomic mass is 32.1. The predicted molar refractivity (Wildman–Crippen MR) is 95.1 cm³/mol. The lowest BCUT2D eigenvalue weighted by Gasteiger charge is -2.24. The second-order valence-corrected chi connectivity index (χ2v) is 6.66. The van der Waals surface area contributed by atoms with Crippen LogP contribution in [0, 0.1) is 0 Å². The molecule has 0 radical (unpaired) electrons. The van der Waals surface area contributed by atoms with Crippen molar-refractivity contribution in [3.63, 3.8) is 0 Å². The first kappa shape index (κ1) is 14.6. The van der Waals surface area contributed by atoms with Crippen LogP contribution < -0.4 is 4.90 Å². The molecule has 3 heterocycles. The van der Waals surface area contributed by atoms with Crippen LogP contribution >= 0.6 is 11.3 Å². The normalized spacial score (nSPS) is 19.0. The van der Waals surface area contributed by atoms with E-state index in [1.165, 1.54) is 0 Å². The van der Waals surface area contributed by atoms with Crippen LogP contribution in [0.3, 0.4) is 0 Å². The molecule has 0 spiro atoms. The molecule has 118 valence electrons. The quantitative estimate of drug-likeness (QED) is 0.714. The number of fused-ring (bicyclic) bond motifs is 1. The minimum atomic E-state index is 0.218. The maximum Gasteiger partial charge on any atom is 0.162 e. The fourth-order valence-corrected chi connectivity index (χ4v) is 3.64. The van der Waals surface area contributed by atoms with Gasteiger partial charge < -0.3 is 9.64 Å². The molecule has 1 fully saturated rings. The largest absolute Gasteiger partial charge is 0.377 e. The molecule has 1 saturated heterocycles. The second-order valence-electron chi connectivity index (χ2n) is 5.88. The average molecular weight is 325 g/mol. The molecule has 0 saturated carbocycles. The molecule has 0 N–H and O–H groups in total. The van der Waals surface area contributed by atoms with Crippen molar-refractivity contribution >= 4 is 28.1 Å². The Hall–Kier alpha value is -1.98. The van der Waals surface area contributed by atoms with E-state index in [9.17, 15) is 0 Å². The fraction of sp³-hybridized carbons (Fsp3) is 0.333. The summed E-state index contributed by atoms with van der Waals surface area (Å²) < 4.78 is 5.79. The number of hydrogen-bond donors (Lipinski definition) is 0. The van der Waals surface area contributed by atoms with E-state index < -0.39 is 0 Å². The number of hydrogen-bond acceptors (Lipinski definition) is 5. The number of thiophene rings is 1. The minimum Gasteiger partial charge on any atom is -0.377 e. The molecule has 0 aliphatic carbocycles. The van der Waals surface area contributed by atoms with Gasteiger partial charge in [0.25, 0.3) is 0 Å². The predicted octanol–water partition coefficient (Wildman–Crippen LogP) is 3.97. The van der Waals surface area contributed by atoms with Crippen LogP contribution in [0.5, 0.6) is 0 Å². The van der Waals surface area contributed by atoms with Crippen molar-refractivity contribution in [2.75, 3.05) is 24.6 Å². The van der Waals surface area contributed by atoms with Crippen LogP contribution in [0.1, 0.15) is 13.3 Å². The Morgan fingerprint density at radius 1 is 1.22 bits per heavy atom. The van der Waals surface area contributed by atoms with Gasteiger partial charge in [0.1, 0.15) is 5.82 Å². The van der Waals surface area contributed by atoms with E-state index in [4.69, 9.17) is 14.7 Å². The van der Waals surface area contributed by atoms with Gasteiger partial charge in [0.2, 0.25) is 0 Å². The zero-order chi connectivity index (χ0) is 15.6. The van der Waals surface area contributed by atoms with E-state index in [-0.39, 0.29) is 6.10 Å². The van der Waals surface area contributed by atoms with Crippen molar-refractivity contribution in [1.82, 2.24) is 9.97 Å². The first-order chi connectivity index (χ1) is 11.3. The molecule has 1 unspecified atom stereocenters. The summed E-state index contributed by atoms with van der Waals surface area (Å²) in [6.07, 6.45) is 1.24. The van der Waals surface area contributed by atoms with Gasteiger partial charge in [-0.2, -0.15) is 11.3 Å². The fourth-order valence-electron chi connectivity index (χ4n) is 3.01. The molecular formula is C18H19N3OS. The van der Waals surface area contributed by atoms with Crippen molar-refractivity contribution < 1.29 is 4.74 Å². The lowest BCUT2D eigenvalue weighted by molar-refractivity contribution is 0.0820. The van der Waals surface area contributed by atoms with Crippen molar-refractivity contribution in [3.05, 3.63) is 41.1 Å². The highest BCUT2D eigenvalue weighted by Crippen LogP contribution is 2.29. The molecule has 5 heteroatoms. The Kier molecular flexibility index (Phi) is 3.97. The summed E-state index contributed by atoms with van der Waals surface area (Å²) in [5.74, 6) is 1.83. The molecule has 4 rings (SSSR count). The molecule has 1 aliphatic heterocycles. The van der Waals surface area contributed by atoms with Gasteiger partial charge in [-0.3, -0.25) is 0 Å². The van der Waals surface area contributed by atoms with E-state index >= 15 is 0 Å². The van der Waals surface area contributed by atoms with Gasteiger partial charge in [-0.1, -0.05) is 12.1 Å². The van der Waals surface area contributed by atoms with Crippen molar-refractivity contribution in [3.8, 4) is 11.4 Å². The van der Waals surface area contributed by atoms with Crippen LogP contribution in [-0.4, -0.2) is 35.8 Å². The Balaban J connectivity index is 1.86. The molecule has 3 aromatic rings. The van der Waals surface area contributed by atoms with Crippen LogP contribution in [0.25, 0.3) is 22.3 Å². The van der Waals surface area contributed by atoms with Gasteiger partial charge in [0.05, 0.1) is 11.6 Å². The van der Waals surface area contributed by atoms with Crippen LogP contribution in [0.2, 0.25) is 0 Å². The number of ether oxygens (including phenoxy) is 1. The Morgan fingerprint density at radius 3 is 3.00 bits per heavy atom. The number of para-hydroxylation sites is 1. The monoisotopic (exact) mass is 325 g/mol. The van der Waals surface area contributed by atoms with E-state index in [0.717, 1.165) is 54.2 Å². The minimum absolute atomic E-state index is 0.218. The first-order valence-electron chi connectivity index (χ1n) is 7.97. The number of aromatic nitrogens is 2. The smallest absolute Gasteiger partial charge is 0.162 e. The molecule has 2 aromatic heterocycles. The summed E-state index contributed by atoms with van der Waals surface area (Å²) in [5, 5.41) is 5.28. The van der Waals surface area contributed by atoms with Crippen LogP contribution in [0.4, 0.5) is 5.82 Å². The molecule has 0 bridgehead atoms. The number of rotatable bonds is 2. The lowest BCUT2D eigenvalue weighted by atomic mass is 10.2. The maximum atomic E-state index is 5.79. The van der Waals surface area contributed by atoms with Gasteiger partial charge in [-0.15, -0.1) is 0 Å². The number of nitrogens with zero attached hydrogens (tertiary/aromatic N) is 3. The maximum absolute atomic E-state index is 5.79. The molecule has 1 aliphatic rings.